The van der Waals surface area contributed by atoms with Crippen molar-refractivity contribution in [2.24, 2.45) is 0 Å². The number of benzene rings is 12. The summed E-state index contributed by atoms with van der Waals surface area (Å²) in [4.78, 5) is 9.97. The van der Waals surface area contributed by atoms with Gasteiger partial charge in [0.05, 0.1) is 11.2 Å². The molecule has 0 amide bonds. The van der Waals surface area contributed by atoms with Crippen LogP contribution in [0, 0.1) is 6.92 Å². The van der Waals surface area contributed by atoms with Crippen molar-refractivity contribution in [2.75, 3.05) is 9.80 Å². The van der Waals surface area contributed by atoms with Gasteiger partial charge in [-0.05, 0) is 172 Å². The average molecular weight is 1190 g/mol. The molecule has 12 aromatic carbocycles. The second kappa shape index (κ2) is 18.8. The van der Waals surface area contributed by atoms with Gasteiger partial charge in [-0.25, -0.2) is 0 Å². The lowest BCUT2D eigenvalue weighted by molar-refractivity contribution is 0.666. The fourth-order valence-corrected chi connectivity index (χ4v) is 19.2. The predicted octanol–water partition coefficient (Wildman–Crippen LogP) is 17.2. The van der Waals surface area contributed by atoms with Crippen LogP contribution < -0.4 is 42.6 Å². The predicted molar refractivity (Wildman–Crippen MR) is 379 cm³/mol. The highest BCUT2D eigenvalue weighted by molar-refractivity contribution is 8.00. The molecule has 7 heterocycles. The molecule has 0 fully saturated rings. The van der Waals surface area contributed by atoms with E-state index in [4.69, 9.17) is 4.42 Å². The Hall–Kier alpha value is -10.1. The summed E-state index contributed by atoms with van der Waals surface area (Å²) >= 11 is 3.85. The molecule has 3 aromatic heterocycles. The molecule has 0 radical (unpaired) electrons. The van der Waals surface area contributed by atoms with Crippen LogP contribution in [-0.2, 0) is 11.8 Å². The quantitative estimate of drug-likeness (QED) is 0.141. The average Bonchev–Trinajstić information content (AvgIpc) is 1.47. The summed E-state index contributed by atoms with van der Waals surface area (Å²) in [6.07, 6.45) is 0.707. The van der Waals surface area contributed by atoms with Crippen molar-refractivity contribution in [3.63, 3.8) is 0 Å². The SMILES string of the molecule is Cc1cc2c3c(c1)-n1c4c(ccc(Cc5cc6c7c(c5)-n5c8c(c9cccc(c95)B7c5ccc(N(c7ccccc7)c7ccccc7)cc5S6)C(C)(C)c5ccccc5-8)c4c4oc5ccccc5c41)B3c1ccc(N(c3ccccc3)c3ccccc3)cc1S2. The summed E-state index contributed by atoms with van der Waals surface area (Å²) in [7, 11) is 0. The molecule has 20 rings (SSSR count). The Bertz CT molecular complexity index is 5520. The number of nitrogens with zero attached hydrogens (tertiary/aromatic N) is 4. The van der Waals surface area contributed by atoms with E-state index in [-0.39, 0.29) is 18.8 Å². The first-order valence-corrected chi connectivity index (χ1v) is 33.0. The van der Waals surface area contributed by atoms with E-state index in [2.05, 4.69) is 301 Å². The zero-order valence-corrected chi connectivity index (χ0v) is 51.3. The number of hydrogen-bond donors (Lipinski definition) is 0. The van der Waals surface area contributed by atoms with Crippen LogP contribution in [0.15, 0.2) is 285 Å². The first-order chi connectivity index (χ1) is 44.3. The van der Waals surface area contributed by atoms with Crippen molar-refractivity contribution in [3.8, 4) is 22.6 Å². The summed E-state index contributed by atoms with van der Waals surface area (Å²) in [5.41, 5.74) is 32.1. The van der Waals surface area contributed by atoms with Gasteiger partial charge in [0, 0.05) is 97.7 Å². The molecule has 0 saturated carbocycles. The standard InChI is InChI=1S/C81H54B2N4OS2/c1-48-41-65-74-70(42-48)89-68-46-55(84(51-21-8-4-9-22-51)52-23-10-5-11-24-52)37-40-62(68)83(74)64-38-35-50(72-79(64)87(65)78-58-30-17-19-34-67(58)88-80(72)78)43-49-44-66-75-71(45-49)90-69-47-56(85(53-25-12-6-13-26-53)54-27-14-7-15-28-54)36-39-61(69)82(75)63-33-20-31-59-73-77(86(66)76(59)63)57-29-16-18-32-60(57)81(73,2)3/h4-42,44-47H,43H2,1-3H3. The Labute approximate surface area is 531 Å². The van der Waals surface area contributed by atoms with E-state index in [1.807, 2.05) is 23.5 Å². The van der Waals surface area contributed by atoms with E-state index in [0.717, 1.165) is 56.2 Å². The third-order valence-electron chi connectivity index (χ3n) is 20.2. The lowest BCUT2D eigenvalue weighted by Crippen LogP contribution is -2.58. The van der Waals surface area contributed by atoms with Crippen LogP contribution in [0.5, 0.6) is 0 Å². The number of aryl methyl sites for hydroxylation is 1. The van der Waals surface area contributed by atoms with Crippen LogP contribution in [0.25, 0.3) is 66.5 Å². The third kappa shape index (κ3) is 6.99. The van der Waals surface area contributed by atoms with E-state index >= 15 is 0 Å². The molecule has 5 aliphatic rings. The van der Waals surface area contributed by atoms with Crippen molar-refractivity contribution >= 4 is 148 Å². The molecule has 0 N–H and O–H groups in total. The molecule has 0 saturated heterocycles. The fraction of sp³-hybridized carbons (Fsp3) is 0.0617. The molecule has 90 heavy (non-hydrogen) atoms. The Morgan fingerprint density at radius 2 is 0.967 bits per heavy atom. The number of para-hydroxylation sites is 6. The summed E-state index contributed by atoms with van der Waals surface area (Å²) < 4.78 is 12.6. The number of fused-ring (bicyclic) bond motifs is 18. The van der Waals surface area contributed by atoms with E-state index in [0.29, 0.717) is 6.42 Å². The highest BCUT2D eigenvalue weighted by Gasteiger charge is 2.47. The minimum atomic E-state index is -0.194. The number of furan rings is 1. The molecule has 0 atom stereocenters. The second-order valence-corrected chi connectivity index (χ2v) is 27.7. The number of anilines is 6. The molecular formula is C81H54B2N4OS2. The highest BCUT2D eigenvalue weighted by Crippen LogP contribution is 2.55. The molecule has 4 aliphatic heterocycles. The van der Waals surface area contributed by atoms with Crippen LogP contribution in [0.2, 0.25) is 0 Å². The molecule has 1 aliphatic carbocycles. The fourth-order valence-electron chi connectivity index (χ4n) is 16.6. The molecule has 422 valence electrons. The third-order valence-corrected chi connectivity index (χ3v) is 22.5. The molecule has 0 spiro atoms. The Kier molecular flexibility index (Phi) is 10.6. The van der Waals surface area contributed by atoms with Crippen molar-refractivity contribution in [3.05, 3.63) is 289 Å². The first kappa shape index (κ1) is 50.9. The molecule has 15 aromatic rings. The Morgan fingerprint density at radius 3 is 1.60 bits per heavy atom. The van der Waals surface area contributed by atoms with Gasteiger partial charge >= 0.3 is 0 Å². The molecule has 0 unspecified atom stereocenters. The topological polar surface area (TPSA) is 29.5 Å². The maximum atomic E-state index is 7.28. The van der Waals surface area contributed by atoms with Crippen molar-refractivity contribution in [1.29, 1.82) is 0 Å². The van der Waals surface area contributed by atoms with Gasteiger partial charge in [-0.2, -0.15) is 0 Å². The largest absolute Gasteiger partial charge is 0.454 e. The minimum Gasteiger partial charge on any atom is -0.454 e. The smallest absolute Gasteiger partial charge is 0.249 e. The normalized spacial score (nSPS) is 13.9. The monoisotopic (exact) mass is 1180 g/mol. The molecule has 0 bridgehead atoms. The van der Waals surface area contributed by atoms with Crippen molar-refractivity contribution < 1.29 is 4.42 Å². The lowest BCUT2D eigenvalue weighted by Gasteiger charge is -2.35. The van der Waals surface area contributed by atoms with Gasteiger partial charge in [0.25, 0.3) is 0 Å². The maximum absolute atomic E-state index is 7.28. The minimum absolute atomic E-state index is 0.00812. The van der Waals surface area contributed by atoms with Crippen LogP contribution in [0.1, 0.15) is 41.7 Å². The van der Waals surface area contributed by atoms with E-state index < -0.39 is 0 Å². The maximum Gasteiger partial charge on any atom is 0.249 e. The summed E-state index contributed by atoms with van der Waals surface area (Å²) in [5, 5.41) is 3.68. The molecular weight excluding hydrogens is 1130 g/mol. The number of hydrogen-bond acceptors (Lipinski definition) is 5. The van der Waals surface area contributed by atoms with E-state index in [1.165, 1.54) is 125 Å². The zero-order valence-electron chi connectivity index (χ0n) is 49.7. The van der Waals surface area contributed by atoms with Gasteiger partial charge in [0.1, 0.15) is 11.1 Å². The van der Waals surface area contributed by atoms with Crippen LogP contribution in [-0.4, -0.2) is 22.6 Å². The van der Waals surface area contributed by atoms with Gasteiger partial charge in [-0.15, -0.1) is 0 Å². The van der Waals surface area contributed by atoms with Crippen LogP contribution >= 0.6 is 23.5 Å². The van der Waals surface area contributed by atoms with Crippen LogP contribution in [0.3, 0.4) is 0 Å². The van der Waals surface area contributed by atoms with Gasteiger partial charge in [-0.3, -0.25) is 0 Å². The van der Waals surface area contributed by atoms with Gasteiger partial charge in [0.2, 0.25) is 13.4 Å². The summed E-state index contributed by atoms with van der Waals surface area (Å²) in [6.45, 7) is 7.18. The Morgan fingerprint density at radius 1 is 0.433 bits per heavy atom. The van der Waals surface area contributed by atoms with E-state index in [9.17, 15) is 0 Å². The summed E-state index contributed by atoms with van der Waals surface area (Å²) in [6, 6.07) is 97.5. The molecule has 5 nitrogen and oxygen atoms in total. The second-order valence-electron chi connectivity index (χ2n) is 25.5. The highest BCUT2D eigenvalue weighted by atomic mass is 32.2. The zero-order chi connectivity index (χ0) is 59.3. The van der Waals surface area contributed by atoms with Gasteiger partial charge < -0.3 is 23.4 Å². The number of aromatic nitrogens is 2. The lowest BCUT2D eigenvalue weighted by atomic mass is 9.35. The van der Waals surface area contributed by atoms with Crippen molar-refractivity contribution in [2.45, 2.75) is 52.2 Å². The van der Waals surface area contributed by atoms with Crippen molar-refractivity contribution in [1.82, 2.24) is 9.13 Å². The molecule has 9 heteroatoms. The summed E-state index contributed by atoms with van der Waals surface area (Å²) in [5.74, 6) is 0. The number of rotatable bonds is 8. The van der Waals surface area contributed by atoms with Crippen LogP contribution in [0.4, 0.5) is 34.1 Å². The first-order valence-electron chi connectivity index (χ1n) is 31.3. The Balaban J connectivity index is 0.805. The van der Waals surface area contributed by atoms with E-state index in [1.54, 1.807) is 0 Å². The van der Waals surface area contributed by atoms with Gasteiger partial charge in [0.15, 0.2) is 5.58 Å². The van der Waals surface area contributed by atoms with Gasteiger partial charge in [-0.1, -0.05) is 200 Å².